The van der Waals surface area contributed by atoms with Crippen molar-refractivity contribution in [3.8, 4) is 18.2 Å². The molecule has 0 bridgehead atoms. The van der Waals surface area contributed by atoms with Gasteiger partial charge in [0.15, 0.2) is 5.41 Å². The normalized spacial score (nSPS) is 22.3. The lowest BCUT2D eigenvalue weighted by molar-refractivity contribution is 0.345. The first-order valence-corrected chi connectivity index (χ1v) is 9.97. The topological polar surface area (TPSA) is 102 Å². The van der Waals surface area contributed by atoms with Gasteiger partial charge in [-0.25, -0.2) is 0 Å². The van der Waals surface area contributed by atoms with Crippen LogP contribution >= 0.6 is 0 Å². The van der Waals surface area contributed by atoms with Crippen molar-refractivity contribution in [2.24, 2.45) is 24.1 Å². The second-order valence-electron chi connectivity index (χ2n) is 8.11. The number of allylic oxidation sites excluding steroid dienone is 4. The lowest BCUT2D eigenvalue weighted by Gasteiger charge is -2.40. The van der Waals surface area contributed by atoms with E-state index in [1.807, 2.05) is 31.3 Å². The molecular weight excluding hydrogens is 370 g/mol. The lowest BCUT2D eigenvalue weighted by Crippen LogP contribution is -2.41. The van der Waals surface area contributed by atoms with E-state index in [0.717, 1.165) is 45.8 Å². The number of nitriles is 3. The Kier molecular flexibility index (Phi) is 3.76. The zero-order chi connectivity index (χ0) is 21.0. The van der Waals surface area contributed by atoms with Crippen LogP contribution in [-0.2, 0) is 7.05 Å². The van der Waals surface area contributed by atoms with Crippen molar-refractivity contribution in [2.75, 3.05) is 0 Å². The highest BCUT2D eigenvalue weighted by atomic mass is 14.9. The minimum Gasteiger partial charge on any atom is -0.399 e. The zero-order valence-corrected chi connectivity index (χ0v) is 16.6. The first-order valence-electron chi connectivity index (χ1n) is 9.97. The summed E-state index contributed by atoms with van der Waals surface area (Å²) in [5.41, 5.74) is 9.21. The quantitative estimate of drug-likeness (QED) is 0.660. The van der Waals surface area contributed by atoms with Gasteiger partial charge < -0.3 is 10.3 Å². The Morgan fingerprint density at radius 3 is 2.50 bits per heavy atom. The van der Waals surface area contributed by atoms with Crippen molar-refractivity contribution in [3.63, 3.8) is 0 Å². The number of hydrogen-bond acceptors (Lipinski definition) is 4. The van der Waals surface area contributed by atoms with Gasteiger partial charge in [0.25, 0.3) is 0 Å². The van der Waals surface area contributed by atoms with Gasteiger partial charge in [-0.05, 0) is 48.1 Å². The van der Waals surface area contributed by atoms with Crippen molar-refractivity contribution in [3.05, 3.63) is 70.9 Å². The summed E-state index contributed by atoms with van der Waals surface area (Å²) in [5.74, 6) is -0.486. The highest BCUT2D eigenvalue weighted by molar-refractivity contribution is 6.08. The van der Waals surface area contributed by atoms with E-state index in [1.54, 1.807) is 0 Å². The van der Waals surface area contributed by atoms with Gasteiger partial charge in [-0.2, -0.15) is 15.8 Å². The smallest absolute Gasteiger partial charge is 0.191 e. The molecule has 2 atom stereocenters. The van der Waals surface area contributed by atoms with Gasteiger partial charge in [0.05, 0.1) is 23.4 Å². The number of fused-ring (bicyclic) bond motifs is 4. The third kappa shape index (κ3) is 2.08. The number of rotatable bonds is 1. The molecule has 2 aliphatic rings. The van der Waals surface area contributed by atoms with Gasteiger partial charge in [0.2, 0.25) is 0 Å². The van der Waals surface area contributed by atoms with E-state index in [2.05, 4.69) is 47.0 Å². The van der Waals surface area contributed by atoms with Gasteiger partial charge in [-0.15, -0.1) is 0 Å². The molecule has 30 heavy (non-hydrogen) atoms. The molecule has 0 saturated heterocycles. The Balaban J connectivity index is 1.82. The minimum atomic E-state index is -1.56. The van der Waals surface area contributed by atoms with Crippen LogP contribution < -0.4 is 5.73 Å². The lowest BCUT2D eigenvalue weighted by atomic mass is 9.59. The number of aryl methyl sites for hydroxylation is 1. The Bertz CT molecular complexity index is 1400. The maximum Gasteiger partial charge on any atom is 0.191 e. The molecule has 2 aliphatic carbocycles. The van der Waals surface area contributed by atoms with Crippen molar-refractivity contribution in [2.45, 2.75) is 18.8 Å². The van der Waals surface area contributed by atoms with Crippen molar-refractivity contribution in [1.29, 1.82) is 15.8 Å². The van der Waals surface area contributed by atoms with E-state index in [-0.39, 0.29) is 11.6 Å². The molecule has 0 radical (unpaired) electrons. The summed E-state index contributed by atoms with van der Waals surface area (Å²) in [5, 5.41) is 32.2. The number of hydrogen-bond donors (Lipinski definition) is 1. The average molecular weight is 389 g/mol. The van der Waals surface area contributed by atoms with Crippen LogP contribution in [0.3, 0.4) is 0 Å². The SMILES string of the molecule is Cn1c2ccccc2c2cc([C@H]3[C@@H]4CCC=C4C(C#N)=C(N)C3(C#N)C#N)ccc21. The molecule has 2 N–H and O–H groups in total. The molecule has 3 aromatic rings. The standard InChI is InChI=1S/C25H19N5/c1-30-21-8-3-2-5-17(21)19-11-15(9-10-22(19)30)23-18-7-4-6-16(18)20(12-26)24(29)25(23,13-27)14-28/h2-3,5-6,8-11,18,23H,4,7,29H2,1H3/t18-,23+/m1/s1. The maximum atomic E-state index is 10.1. The highest BCUT2D eigenvalue weighted by Crippen LogP contribution is 2.56. The summed E-state index contributed by atoms with van der Waals surface area (Å²) < 4.78 is 2.15. The Morgan fingerprint density at radius 2 is 1.77 bits per heavy atom. The number of aromatic nitrogens is 1. The number of nitrogens with two attached hydrogens (primary N) is 1. The Labute approximate surface area is 174 Å². The molecule has 0 spiro atoms. The second-order valence-corrected chi connectivity index (χ2v) is 8.11. The molecule has 0 amide bonds. The monoisotopic (exact) mass is 389 g/mol. The Morgan fingerprint density at radius 1 is 1.03 bits per heavy atom. The molecule has 5 heteroatoms. The molecule has 2 aromatic carbocycles. The largest absolute Gasteiger partial charge is 0.399 e. The van der Waals surface area contributed by atoms with Gasteiger partial charge in [-0.3, -0.25) is 0 Å². The molecule has 0 fully saturated rings. The number of para-hydroxylation sites is 1. The summed E-state index contributed by atoms with van der Waals surface area (Å²) in [6, 6.07) is 20.9. The highest BCUT2D eigenvalue weighted by Gasteiger charge is 2.54. The van der Waals surface area contributed by atoms with Gasteiger partial charge >= 0.3 is 0 Å². The molecule has 144 valence electrons. The summed E-state index contributed by atoms with van der Waals surface area (Å²) in [6.07, 6.45) is 3.66. The Hall–Kier alpha value is -4.01. The van der Waals surface area contributed by atoms with Crippen LogP contribution in [0.5, 0.6) is 0 Å². The van der Waals surface area contributed by atoms with E-state index < -0.39 is 11.3 Å². The third-order valence-corrected chi connectivity index (χ3v) is 6.85. The third-order valence-electron chi connectivity index (χ3n) is 6.85. The molecule has 0 saturated carbocycles. The molecular formula is C25H19N5. The minimum absolute atomic E-state index is 0.0707. The molecule has 0 aliphatic heterocycles. The fourth-order valence-electron chi connectivity index (χ4n) is 5.45. The van der Waals surface area contributed by atoms with Crippen LogP contribution in [0.2, 0.25) is 0 Å². The van der Waals surface area contributed by atoms with E-state index in [4.69, 9.17) is 5.73 Å². The fourth-order valence-corrected chi connectivity index (χ4v) is 5.45. The average Bonchev–Trinajstić information content (AvgIpc) is 3.36. The van der Waals surface area contributed by atoms with Crippen LogP contribution in [0, 0.1) is 45.3 Å². The summed E-state index contributed by atoms with van der Waals surface area (Å²) in [7, 11) is 2.04. The zero-order valence-electron chi connectivity index (χ0n) is 16.6. The molecule has 1 aromatic heterocycles. The summed E-state index contributed by atoms with van der Waals surface area (Å²) in [6.45, 7) is 0. The summed E-state index contributed by atoms with van der Waals surface area (Å²) >= 11 is 0. The van der Waals surface area contributed by atoms with E-state index in [9.17, 15) is 15.8 Å². The van der Waals surface area contributed by atoms with Crippen molar-refractivity contribution in [1.82, 2.24) is 4.57 Å². The van der Waals surface area contributed by atoms with Crippen molar-refractivity contribution < 1.29 is 0 Å². The molecule has 5 rings (SSSR count). The van der Waals surface area contributed by atoms with E-state index >= 15 is 0 Å². The number of benzene rings is 2. The van der Waals surface area contributed by atoms with Crippen LogP contribution in [-0.4, -0.2) is 4.57 Å². The fraction of sp³-hybridized carbons (Fsp3) is 0.240. The molecule has 0 unspecified atom stereocenters. The van der Waals surface area contributed by atoms with Gasteiger partial charge in [0.1, 0.15) is 6.07 Å². The van der Waals surface area contributed by atoms with E-state index in [0.29, 0.717) is 5.57 Å². The van der Waals surface area contributed by atoms with Gasteiger partial charge in [0, 0.05) is 34.8 Å². The first kappa shape index (κ1) is 18.0. The van der Waals surface area contributed by atoms with Crippen LogP contribution in [0.25, 0.3) is 21.8 Å². The predicted molar refractivity (Wildman–Crippen MR) is 114 cm³/mol. The first-order chi connectivity index (χ1) is 14.6. The van der Waals surface area contributed by atoms with Crippen LogP contribution in [0.15, 0.2) is 65.4 Å². The second kappa shape index (κ2) is 6.24. The van der Waals surface area contributed by atoms with Gasteiger partial charge in [-0.1, -0.05) is 30.3 Å². The van der Waals surface area contributed by atoms with Crippen LogP contribution in [0.1, 0.15) is 24.3 Å². The van der Waals surface area contributed by atoms with Crippen molar-refractivity contribution >= 4 is 21.8 Å². The summed E-state index contributed by atoms with van der Waals surface area (Å²) in [4.78, 5) is 0. The maximum absolute atomic E-state index is 10.1. The molecule has 5 nitrogen and oxygen atoms in total. The predicted octanol–water partition coefficient (Wildman–Crippen LogP) is 4.54. The van der Waals surface area contributed by atoms with Crippen LogP contribution in [0.4, 0.5) is 0 Å². The molecule has 1 heterocycles. The van der Waals surface area contributed by atoms with E-state index in [1.165, 1.54) is 0 Å². The number of nitrogens with zero attached hydrogens (tertiary/aromatic N) is 4.